The van der Waals surface area contributed by atoms with Crippen molar-refractivity contribution in [1.82, 2.24) is 0 Å². The van der Waals surface area contributed by atoms with E-state index in [1.165, 1.54) is 25.7 Å². The summed E-state index contributed by atoms with van der Waals surface area (Å²) >= 11 is 0. The van der Waals surface area contributed by atoms with E-state index in [1.807, 2.05) is 7.11 Å². The first-order valence-electron chi connectivity index (χ1n) is 9.47. The molecule has 10 unspecified atom stereocenters. The second-order valence-corrected chi connectivity index (χ2v) is 8.99. The Morgan fingerprint density at radius 1 is 0.810 bits per heavy atom. The Hall–Kier alpha value is -0.300. The molecule has 0 spiro atoms. The molecule has 4 saturated carbocycles. The van der Waals surface area contributed by atoms with Crippen LogP contribution in [0.2, 0.25) is 0 Å². The summed E-state index contributed by atoms with van der Waals surface area (Å²) in [6, 6.07) is 0. The zero-order valence-corrected chi connectivity index (χ0v) is 13.6. The third-order valence-electron chi connectivity index (χ3n) is 8.36. The van der Waals surface area contributed by atoms with Crippen LogP contribution in [0.3, 0.4) is 0 Å². The van der Waals surface area contributed by atoms with E-state index in [-0.39, 0.29) is 0 Å². The van der Waals surface area contributed by atoms with Gasteiger partial charge in [-0.25, -0.2) is 0 Å². The molecule has 0 aromatic heterocycles. The average molecular weight is 286 g/mol. The number of fused-ring (bicyclic) bond motifs is 9. The fraction of sp³-hybridized carbons (Fsp3) is 0.900. The van der Waals surface area contributed by atoms with E-state index in [0.717, 1.165) is 53.3 Å². The Labute approximate surface area is 129 Å². The van der Waals surface area contributed by atoms with E-state index in [4.69, 9.17) is 4.74 Å². The molecule has 0 amide bonds. The Morgan fingerprint density at radius 2 is 1.57 bits per heavy atom. The highest BCUT2D eigenvalue weighted by Crippen LogP contribution is 2.68. The lowest BCUT2D eigenvalue weighted by atomic mass is 9.63. The maximum atomic E-state index is 5.68. The largest absolute Gasteiger partial charge is 0.381 e. The highest BCUT2D eigenvalue weighted by atomic mass is 16.5. The molecular formula is C20H30O. The first-order valence-corrected chi connectivity index (χ1v) is 9.47. The molecular weight excluding hydrogens is 256 g/mol. The Morgan fingerprint density at radius 3 is 2.33 bits per heavy atom. The minimum absolute atomic E-state index is 0.540. The minimum Gasteiger partial charge on any atom is -0.381 e. The van der Waals surface area contributed by atoms with Crippen LogP contribution >= 0.6 is 0 Å². The van der Waals surface area contributed by atoms with E-state index < -0.39 is 0 Å². The fourth-order valence-electron chi connectivity index (χ4n) is 7.76. The van der Waals surface area contributed by atoms with E-state index >= 15 is 0 Å². The summed E-state index contributed by atoms with van der Waals surface area (Å²) in [6.45, 7) is 2.43. The monoisotopic (exact) mass is 286 g/mol. The summed E-state index contributed by atoms with van der Waals surface area (Å²) in [4.78, 5) is 0. The molecule has 5 aliphatic carbocycles. The quantitative estimate of drug-likeness (QED) is 0.535. The van der Waals surface area contributed by atoms with Crippen molar-refractivity contribution < 1.29 is 4.74 Å². The SMILES string of the molecule is COC1CCC(C2CC3CC2C2C4C=CC(C4)C32)CC1C. The van der Waals surface area contributed by atoms with Crippen molar-refractivity contribution in [2.24, 2.45) is 53.3 Å². The summed E-state index contributed by atoms with van der Waals surface area (Å²) in [5.74, 6) is 9.23. The number of allylic oxidation sites excluding steroid dienone is 2. The van der Waals surface area contributed by atoms with Crippen LogP contribution in [0, 0.1) is 53.3 Å². The van der Waals surface area contributed by atoms with Gasteiger partial charge in [0.2, 0.25) is 0 Å². The fourth-order valence-corrected chi connectivity index (χ4v) is 7.76. The van der Waals surface area contributed by atoms with Crippen molar-refractivity contribution >= 4 is 0 Å². The van der Waals surface area contributed by atoms with Crippen molar-refractivity contribution in [3.8, 4) is 0 Å². The third-order valence-corrected chi connectivity index (χ3v) is 8.36. The molecule has 1 nitrogen and oxygen atoms in total. The smallest absolute Gasteiger partial charge is 0.0597 e. The molecule has 0 saturated heterocycles. The van der Waals surface area contributed by atoms with Gasteiger partial charge in [-0.2, -0.15) is 0 Å². The number of methoxy groups -OCH3 is 1. The molecule has 116 valence electrons. The van der Waals surface area contributed by atoms with Crippen molar-refractivity contribution in [2.45, 2.75) is 51.6 Å². The third kappa shape index (κ3) is 1.73. The first-order chi connectivity index (χ1) is 10.3. The maximum Gasteiger partial charge on any atom is 0.0597 e. The lowest BCUT2D eigenvalue weighted by Gasteiger charge is -2.43. The lowest BCUT2D eigenvalue weighted by molar-refractivity contribution is -0.00892. The zero-order valence-electron chi connectivity index (χ0n) is 13.6. The molecule has 10 atom stereocenters. The summed E-state index contributed by atoms with van der Waals surface area (Å²) in [5.41, 5.74) is 0. The molecule has 0 N–H and O–H groups in total. The van der Waals surface area contributed by atoms with Gasteiger partial charge in [0, 0.05) is 7.11 Å². The summed E-state index contributed by atoms with van der Waals surface area (Å²) in [7, 11) is 1.91. The van der Waals surface area contributed by atoms with Crippen LogP contribution < -0.4 is 0 Å². The van der Waals surface area contributed by atoms with E-state index in [1.54, 1.807) is 12.8 Å². The molecule has 21 heavy (non-hydrogen) atoms. The number of rotatable bonds is 2. The summed E-state index contributed by atoms with van der Waals surface area (Å²) < 4.78 is 5.68. The van der Waals surface area contributed by atoms with Gasteiger partial charge in [0.1, 0.15) is 0 Å². The predicted octanol–water partition coefficient (Wildman–Crippen LogP) is 4.53. The van der Waals surface area contributed by atoms with Crippen LogP contribution in [-0.4, -0.2) is 13.2 Å². The molecule has 0 radical (unpaired) electrons. The second kappa shape index (κ2) is 4.60. The summed E-state index contributed by atoms with van der Waals surface area (Å²) in [6.07, 6.45) is 14.6. The van der Waals surface area contributed by atoms with Gasteiger partial charge in [-0.05, 0) is 91.8 Å². The number of hydrogen-bond donors (Lipinski definition) is 0. The molecule has 0 aromatic rings. The van der Waals surface area contributed by atoms with Crippen LogP contribution in [0.5, 0.6) is 0 Å². The Balaban J connectivity index is 1.33. The first kappa shape index (κ1) is 13.2. The van der Waals surface area contributed by atoms with Crippen molar-refractivity contribution in [3.63, 3.8) is 0 Å². The Kier molecular flexibility index (Phi) is 2.88. The van der Waals surface area contributed by atoms with Crippen LogP contribution in [-0.2, 0) is 4.74 Å². The number of hydrogen-bond acceptors (Lipinski definition) is 1. The molecule has 0 aromatic carbocycles. The molecule has 4 fully saturated rings. The van der Waals surface area contributed by atoms with Crippen molar-refractivity contribution in [3.05, 3.63) is 12.2 Å². The molecule has 1 heteroatoms. The number of ether oxygens (including phenoxy) is 1. The topological polar surface area (TPSA) is 9.23 Å². The molecule has 5 aliphatic rings. The van der Waals surface area contributed by atoms with Crippen LogP contribution in [0.4, 0.5) is 0 Å². The average Bonchev–Trinajstić information content (AvgIpc) is 3.24. The van der Waals surface area contributed by atoms with Crippen molar-refractivity contribution in [1.29, 1.82) is 0 Å². The summed E-state index contributed by atoms with van der Waals surface area (Å²) in [5, 5.41) is 0. The molecule has 5 rings (SSSR count). The van der Waals surface area contributed by atoms with Gasteiger partial charge in [-0.3, -0.25) is 0 Å². The minimum atomic E-state index is 0.540. The van der Waals surface area contributed by atoms with Gasteiger partial charge in [-0.15, -0.1) is 0 Å². The normalized spacial score (nSPS) is 60.7. The predicted molar refractivity (Wildman–Crippen MR) is 84.7 cm³/mol. The van der Waals surface area contributed by atoms with Gasteiger partial charge in [0.25, 0.3) is 0 Å². The van der Waals surface area contributed by atoms with E-state index in [2.05, 4.69) is 19.1 Å². The Bertz CT molecular complexity index is 455. The zero-order chi connectivity index (χ0) is 14.1. The standard InChI is InChI=1S/C20H30O/c1-11-7-12(5-6-18(11)21-2)16-9-15-10-17(16)20-14-4-3-13(8-14)19(15)20/h3-4,11-20H,5-10H2,1-2H3. The highest BCUT2D eigenvalue weighted by molar-refractivity contribution is 5.21. The van der Waals surface area contributed by atoms with Gasteiger partial charge in [0.05, 0.1) is 6.10 Å². The van der Waals surface area contributed by atoms with Gasteiger partial charge in [-0.1, -0.05) is 19.1 Å². The molecule has 4 bridgehead atoms. The second-order valence-electron chi connectivity index (χ2n) is 8.99. The van der Waals surface area contributed by atoms with Gasteiger partial charge in [0.15, 0.2) is 0 Å². The van der Waals surface area contributed by atoms with Gasteiger partial charge < -0.3 is 4.74 Å². The van der Waals surface area contributed by atoms with Crippen LogP contribution in [0.15, 0.2) is 12.2 Å². The highest BCUT2D eigenvalue weighted by Gasteiger charge is 2.61. The molecule has 0 aliphatic heterocycles. The molecule has 0 heterocycles. The van der Waals surface area contributed by atoms with Crippen LogP contribution in [0.25, 0.3) is 0 Å². The van der Waals surface area contributed by atoms with Gasteiger partial charge >= 0.3 is 0 Å². The van der Waals surface area contributed by atoms with E-state index in [9.17, 15) is 0 Å². The van der Waals surface area contributed by atoms with Crippen molar-refractivity contribution in [2.75, 3.05) is 7.11 Å². The maximum absolute atomic E-state index is 5.68. The lowest BCUT2D eigenvalue weighted by Crippen LogP contribution is -2.38. The van der Waals surface area contributed by atoms with Crippen LogP contribution in [0.1, 0.15) is 45.4 Å². The van der Waals surface area contributed by atoms with E-state index in [0.29, 0.717) is 6.10 Å².